The molecular weight excluding hydrogens is 387 g/mol. The Morgan fingerprint density at radius 1 is 0.667 bits per heavy atom. The van der Waals surface area contributed by atoms with Gasteiger partial charge in [-0.15, -0.1) is 0 Å². The molecule has 2 nitrogen and oxygen atoms in total. The monoisotopic (exact) mass is 401 g/mol. The number of carbonyl (C=O) groups excluding carboxylic acids is 1. The van der Waals surface area contributed by atoms with Crippen LogP contribution in [0.25, 0.3) is 33.6 Å². The third-order valence-electron chi connectivity index (χ3n) is 5.24. The van der Waals surface area contributed by atoms with Gasteiger partial charge in [0, 0.05) is 16.7 Å². The molecule has 30 heavy (non-hydrogen) atoms. The van der Waals surface area contributed by atoms with E-state index in [1.807, 2.05) is 42.5 Å². The van der Waals surface area contributed by atoms with Gasteiger partial charge >= 0.3 is 6.18 Å². The van der Waals surface area contributed by atoms with Crippen LogP contribution in [0.2, 0.25) is 0 Å². The maximum absolute atomic E-state index is 13.2. The highest BCUT2D eigenvalue weighted by Crippen LogP contribution is 2.42. The Morgan fingerprint density at radius 2 is 1.33 bits per heavy atom. The number of ketones is 1. The third kappa shape index (κ3) is 2.90. The lowest BCUT2D eigenvalue weighted by Gasteiger charge is -2.13. The third-order valence-corrected chi connectivity index (χ3v) is 5.24. The summed E-state index contributed by atoms with van der Waals surface area (Å²) in [5.41, 5.74) is 3.72. The molecule has 3 aromatic carbocycles. The first-order valence-electron chi connectivity index (χ1n) is 9.36. The fourth-order valence-corrected chi connectivity index (χ4v) is 3.84. The van der Waals surface area contributed by atoms with Crippen LogP contribution in [-0.4, -0.2) is 10.8 Å². The Kier molecular flexibility index (Phi) is 4.07. The number of carbonyl (C=O) groups is 1. The molecule has 0 atom stereocenters. The van der Waals surface area contributed by atoms with Gasteiger partial charge in [0.05, 0.1) is 22.5 Å². The summed E-state index contributed by atoms with van der Waals surface area (Å²) in [7, 11) is 0. The first-order chi connectivity index (χ1) is 14.4. The van der Waals surface area contributed by atoms with Crippen molar-refractivity contribution in [2.24, 2.45) is 0 Å². The van der Waals surface area contributed by atoms with E-state index in [2.05, 4.69) is 4.98 Å². The Labute approximate surface area is 170 Å². The average Bonchev–Trinajstić information content (AvgIpc) is 3.06. The van der Waals surface area contributed by atoms with Gasteiger partial charge in [0.15, 0.2) is 5.78 Å². The molecule has 4 aromatic rings. The fraction of sp³-hybridized carbons (Fsp3) is 0.0400. The number of aromatic nitrogens is 1. The quantitative estimate of drug-likeness (QED) is 0.332. The zero-order valence-electron chi connectivity index (χ0n) is 15.6. The van der Waals surface area contributed by atoms with Gasteiger partial charge in [-0.1, -0.05) is 66.7 Å². The topological polar surface area (TPSA) is 30.0 Å². The molecule has 0 radical (unpaired) electrons. The Bertz CT molecular complexity index is 1290. The lowest BCUT2D eigenvalue weighted by Crippen LogP contribution is -2.05. The van der Waals surface area contributed by atoms with Crippen LogP contribution < -0.4 is 0 Å². The van der Waals surface area contributed by atoms with Gasteiger partial charge in [0.25, 0.3) is 0 Å². The lowest BCUT2D eigenvalue weighted by atomic mass is 9.95. The summed E-state index contributed by atoms with van der Waals surface area (Å²) in [4.78, 5) is 17.8. The largest absolute Gasteiger partial charge is 0.416 e. The molecule has 0 saturated carbocycles. The molecule has 0 spiro atoms. The highest BCUT2D eigenvalue weighted by molar-refractivity contribution is 6.24. The lowest BCUT2D eigenvalue weighted by molar-refractivity contribution is -0.137. The SMILES string of the molecule is O=C1c2ccccc2-c2nc(-c3cccc(C(F)(F)F)c3)cc(-c3ccccc3)c21. The summed E-state index contributed by atoms with van der Waals surface area (Å²) in [6.45, 7) is 0. The van der Waals surface area contributed by atoms with E-state index in [0.29, 0.717) is 39.2 Å². The number of hydrogen-bond donors (Lipinski definition) is 0. The molecule has 1 heterocycles. The van der Waals surface area contributed by atoms with Gasteiger partial charge in [-0.05, 0) is 29.3 Å². The molecule has 0 N–H and O–H groups in total. The molecule has 146 valence electrons. The van der Waals surface area contributed by atoms with Crippen molar-refractivity contribution in [3.05, 3.63) is 102 Å². The van der Waals surface area contributed by atoms with Crippen molar-refractivity contribution in [2.45, 2.75) is 6.18 Å². The van der Waals surface area contributed by atoms with Crippen molar-refractivity contribution < 1.29 is 18.0 Å². The molecule has 0 amide bonds. The molecule has 0 bridgehead atoms. The van der Waals surface area contributed by atoms with Crippen molar-refractivity contribution in [3.8, 4) is 33.6 Å². The molecule has 1 aliphatic carbocycles. The Balaban J connectivity index is 1.79. The summed E-state index contributed by atoms with van der Waals surface area (Å²) in [6.07, 6.45) is -4.45. The van der Waals surface area contributed by atoms with Gasteiger partial charge in [0.1, 0.15) is 0 Å². The summed E-state index contributed by atoms with van der Waals surface area (Å²) in [5, 5.41) is 0. The highest BCUT2D eigenvalue weighted by Gasteiger charge is 2.33. The number of fused-ring (bicyclic) bond motifs is 3. The van der Waals surface area contributed by atoms with Crippen molar-refractivity contribution in [2.75, 3.05) is 0 Å². The average molecular weight is 401 g/mol. The first-order valence-corrected chi connectivity index (χ1v) is 9.36. The molecule has 0 aliphatic heterocycles. The maximum Gasteiger partial charge on any atom is 0.416 e. The molecule has 0 fully saturated rings. The Morgan fingerprint density at radius 3 is 2.07 bits per heavy atom. The zero-order chi connectivity index (χ0) is 20.9. The van der Waals surface area contributed by atoms with Crippen LogP contribution in [0.3, 0.4) is 0 Å². The van der Waals surface area contributed by atoms with Crippen LogP contribution >= 0.6 is 0 Å². The van der Waals surface area contributed by atoms with Crippen LogP contribution in [0, 0.1) is 0 Å². The number of nitrogens with zero attached hydrogens (tertiary/aromatic N) is 1. The van der Waals surface area contributed by atoms with Crippen molar-refractivity contribution in [3.63, 3.8) is 0 Å². The second-order valence-electron chi connectivity index (χ2n) is 7.10. The zero-order valence-corrected chi connectivity index (χ0v) is 15.6. The summed E-state index contributed by atoms with van der Waals surface area (Å²) < 4.78 is 39.7. The van der Waals surface area contributed by atoms with Crippen molar-refractivity contribution in [1.82, 2.24) is 4.98 Å². The highest BCUT2D eigenvalue weighted by atomic mass is 19.4. The number of hydrogen-bond acceptors (Lipinski definition) is 2. The second-order valence-corrected chi connectivity index (χ2v) is 7.10. The molecule has 0 unspecified atom stereocenters. The van der Waals surface area contributed by atoms with Crippen molar-refractivity contribution in [1.29, 1.82) is 0 Å². The summed E-state index contributed by atoms with van der Waals surface area (Å²) >= 11 is 0. The van der Waals surface area contributed by atoms with E-state index in [1.165, 1.54) is 6.07 Å². The van der Waals surface area contributed by atoms with E-state index in [9.17, 15) is 18.0 Å². The fourth-order valence-electron chi connectivity index (χ4n) is 3.84. The predicted octanol–water partition coefficient (Wildman–Crippen LogP) is 6.65. The summed E-state index contributed by atoms with van der Waals surface area (Å²) in [6, 6.07) is 23.3. The normalized spacial score (nSPS) is 12.6. The molecule has 1 aliphatic rings. The van der Waals surface area contributed by atoms with Gasteiger partial charge in [-0.3, -0.25) is 4.79 Å². The minimum Gasteiger partial charge on any atom is -0.288 e. The molecular formula is C25H14F3NO. The van der Waals surface area contributed by atoms with Gasteiger partial charge < -0.3 is 0 Å². The maximum atomic E-state index is 13.2. The molecule has 5 heteroatoms. The van der Waals surface area contributed by atoms with Crippen LogP contribution in [0.15, 0.2) is 84.9 Å². The van der Waals surface area contributed by atoms with Gasteiger partial charge in [-0.25, -0.2) is 4.98 Å². The van der Waals surface area contributed by atoms with E-state index in [0.717, 1.165) is 17.7 Å². The minimum atomic E-state index is -4.45. The van der Waals surface area contributed by atoms with Crippen LogP contribution in [0.1, 0.15) is 21.5 Å². The van der Waals surface area contributed by atoms with E-state index in [1.54, 1.807) is 24.3 Å². The number of benzene rings is 3. The van der Waals surface area contributed by atoms with Gasteiger partial charge in [0.2, 0.25) is 0 Å². The number of alkyl halides is 3. The van der Waals surface area contributed by atoms with Gasteiger partial charge in [-0.2, -0.15) is 13.2 Å². The second kappa shape index (κ2) is 6.66. The number of rotatable bonds is 2. The molecule has 5 rings (SSSR count). The number of halogens is 3. The van der Waals surface area contributed by atoms with Crippen LogP contribution in [0.4, 0.5) is 13.2 Å². The Hall–Kier alpha value is -3.73. The van der Waals surface area contributed by atoms with E-state index >= 15 is 0 Å². The van der Waals surface area contributed by atoms with E-state index in [-0.39, 0.29) is 5.78 Å². The van der Waals surface area contributed by atoms with E-state index < -0.39 is 11.7 Å². The first kappa shape index (κ1) is 18.3. The standard InChI is InChI=1S/C25H14F3NO/c26-25(27,28)17-10-6-9-16(13-17)21-14-20(15-7-2-1-3-8-15)22-23(29-21)18-11-4-5-12-19(18)24(22)30/h1-14H. The summed E-state index contributed by atoms with van der Waals surface area (Å²) in [5.74, 6) is -0.123. The van der Waals surface area contributed by atoms with E-state index in [4.69, 9.17) is 0 Å². The molecule has 1 aromatic heterocycles. The molecule has 0 saturated heterocycles. The minimum absolute atomic E-state index is 0.123. The van der Waals surface area contributed by atoms with Crippen molar-refractivity contribution >= 4 is 5.78 Å². The predicted molar refractivity (Wildman–Crippen MR) is 109 cm³/mol. The number of pyridine rings is 1. The van der Waals surface area contributed by atoms with Crippen LogP contribution in [-0.2, 0) is 6.18 Å². The van der Waals surface area contributed by atoms with Crippen LogP contribution in [0.5, 0.6) is 0 Å². The smallest absolute Gasteiger partial charge is 0.288 e.